The minimum absolute atomic E-state index is 0.0391. The van der Waals surface area contributed by atoms with E-state index in [0.717, 1.165) is 29.6 Å². The van der Waals surface area contributed by atoms with Crippen LogP contribution in [0, 0.1) is 11.8 Å². The summed E-state index contributed by atoms with van der Waals surface area (Å²) in [5.74, 6) is -0.563. The lowest BCUT2D eigenvalue weighted by molar-refractivity contribution is -0.125. The lowest BCUT2D eigenvalue weighted by atomic mass is 10.2. The number of rotatable bonds is 5. The van der Waals surface area contributed by atoms with Crippen molar-refractivity contribution in [2.24, 2.45) is 11.8 Å². The highest BCUT2D eigenvalue weighted by Gasteiger charge is 2.48. The summed E-state index contributed by atoms with van der Waals surface area (Å²) in [7, 11) is 0. The van der Waals surface area contributed by atoms with Gasteiger partial charge in [-0.05, 0) is 47.3 Å². The molecule has 1 aromatic rings. The summed E-state index contributed by atoms with van der Waals surface area (Å²) >= 11 is 3.39. The number of carbonyl (C=O) groups excluding carboxylic acids is 2. The molecule has 3 atom stereocenters. The maximum absolute atomic E-state index is 12.2. The normalized spacial score (nSPS) is 26.5. The van der Waals surface area contributed by atoms with Gasteiger partial charge in [0, 0.05) is 17.6 Å². The first-order valence-electron chi connectivity index (χ1n) is 7.60. The van der Waals surface area contributed by atoms with Gasteiger partial charge in [0.2, 0.25) is 11.8 Å². The van der Waals surface area contributed by atoms with Crippen molar-refractivity contribution in [3.63, 3.8) is 0 Å². The largest absolute Gasteiger partial charge is 0.376 e. The molecule has 1 saturated carbocycles. The summed E-state index contributed by atoms with van der Waals surface area (Å²) in [6.45, 7) is 1.33. The first-order chi connectivity index (χ1) is 10.6. The third-order valence-corrected chi connectivity index (χ3v) is 4.82. The molecular formula is C16H19BrN2O3. The summed E-state index contributed by atoms with van der Waals surface area (Å²) in [6, 6.07) is 7.45. The second kappa shape index (κ2) is 6.79. The number of hydrogen-bond acceptors (Lipinski definition) is 3. The molecule has 1 heterocycles. The number of ether oxygens (including phenoxy) is 1. The molecule has 0 bridgehead atoms. The molecule has 2 fully saturated rings. The number of halogens is 1. The Labute approximate surface area is 137 Å². The summed E-state index contributed by atoms with van der Waals surface area (Å²) in [5, 5.41) is 5.76. The van der Waals surface area contributed by atoms with Crippen LogP contribution in [0.3, 0.4) is 0 Å². The number of amides is 2. The Bertz CT molecular complexity index is 572. The lowest BCUT2D eigenvalue weighted by Crippen LogP contribution is -2.33. The van der Waals surface area contributed by atoms with Crippen molar-refractivity contribution < 1.29 is 14.3 Å². The molecule has 5 nitrogen and oxygen atoms in total. The number of benzene rings is 1. The first kappa shape index (κ1) is 15.5. The van der Waals surface area contributed by atoms with Gasteiger partial charge in [-0.3, -0.25) is 9.59 Å². The molecule has 2 amide bonds. The first-order valence-corrected chi connectivity index (χ1v) is 8.39. The Morgan fingerprint density at radius 1 is 1.23 bits per heavy atom. The van der Waals surface area contributed by atoms with Crippen molar-refractivity contribution in [1.82, 2.24) is 5.32 Å². The van der Waals surface area contributed by atoms with E-state index in [2.05, 4.69) is 26.6 Å². The highest BCUT2D eigenvalue weighted by Crippen LogP contribution is 2.40. The van der Waals surface area contributed by atoms with Crippen LogP contribution < -0.4 is 10.6 Å². The zero-order valence-corrected chi connectivity index (χ0v) is 13.8. The van der Waals surface area contributed by atoms with Gasteiger partial charge in [-0.2, -0.15) is 0 Å². The van der Waals surface area contributed by atoms with E-state index in [1.165, 1.54) is 0 Å². The quantitative estimate of drug-likeness (QED) is 0.840. The molecule has 3 unspecified atom stereocenters. The molecule has 6 heteroatoms. The molecule has 22 heavy (non-hydrogen) atoms. The van der Waals surface area contributed by atoms with E-state index in [0.29, 0.717) is 13.0 Å². The summed E-state index contributed by atoms with van der Waals surface area (Å²) < 4.78 is 6.31. The fourth-order valence-corrected chi connectivity index (χ4v) is 3.10. The van der Waals surface area contributed by atoms with E-state index >= 15 is 0 Å². The van der Waals surface area contributed by atoms with Crippen LogP contribution in [-0.2, 0) is 14.3 Å². The third kappa shape index (κ3) is 3.67. The molecule has 0 aromatic heterocycles. The molecule has 1 aliphatic heterocycles. The molecule has 3 rings (SSSR count). The maximum atomic E-state index is 12.2. The van der Waals surface area contributed by atoms with Gasteiger partial charge in [-0.1, -0.05) is 12.1 Å². The van der Waals surface area contributed by atoms with Crippen molar-refractivity contribution in [3.05, 3.63) is 28.7 Å². The van der Waals surface area contributed by atoms with Crippen LogP contribution in [0.4, 0.5) is 5.69 Å². The summed E-state index contributed by atoms with van der Waals surface area (Å²) in [5.41, 5.74) is 0.734. The van der Waals surface area contributed by atoms with Crippen LogP contribution in [0.5, 0.6) is 0 Å². The highest BCUT2D eigenvalue weighted by molar-refractivity contribution is 9.10. The zero-order chi connectivity index (χ0) is 15.5. The number of carbonyl (C=O) groups is 2. The highest BCUT2D eigenvalue weighted by atomic mass is 79.9. The van der Waals surface area contributed by atoms with Crippen molar-refractivity contribution >= 4 is 33.4 Å². The van der Waals surface area contributed by atoms with Crippen molar-refractivity contribution in [2.75, 3.05) is 18.5 Å². The number of hydrogen-bond donors (Lipinski definition) is 2. The molecule has 1 saturated heterocycles. The lowest BCUT2D eigenvalue weighted by Gasteiger charge is -2.10. The van der Waals surface area contributed by atoms with Gasteiger partial charge in [-0.25, -0.2) is 0 Å². The molecule has 0 radical (unpaired) electrons. The van der Waals surface area contributed by atoms with Gasteiger partial charge in [-0.15, -0.1) is 0 Å². The SMILES string of the molecule is O=C(NCC1CCCO1)C1CC1C(=O)Nc1ccccc1Br. The topological polar surface area (TPSA) is 67.4 Å². The summed E-state index contributed by atoms with van der Waals surface area (Å²) in [4.78, 5) is 24.2. The van der Waals surface area contributed by atoms with E-state index in [9.17, 15) is 9.59 Å². The van der Waals surface area contributed by atoms with Crippen LogP contribution in [0.15, 0.2) is 28.7 Å². The smallest absolute Gasteiger partial charge is 0.228 e. The van der Waals surface area contributed by atoms with Crippen LogP contribution in [0.1, 0.15) is 19.3 Å². The Morgan fingerprint density at radius 2 is 2.00 bits per heavy atom. The van der Waals surface area contributed by atoms with Gasteiger partial charge in [0.25, 0.3) is 0 Å². The van der Waals surface area contributed by atoms with E-state index in [1.807, 2.05) is 24.3 Å². The maximum Gasteiger partial charge on any atom is 0.228 e. The predicted molar refractivity (Wildman–Crippen MR) is 86.4 cm³/mol. The minimum atomic E-state index is -0.225. The van der Waals surface area contributed by atoms with E-state index < -0.39 is 0 Å². The van der Waals surface area contributed by atoms with Gasteiger partial charge in [0.1, 0.15) is 0 Å². The molecule has 118 valence electrons. The minimum Gasteiger partial charge on any atom is -0.376 e. The second-order valence-electron chi connectivity index (χ2n) is 5.80. The van der Waals surface area contributed by atoms with Crippen LogP contribution in [0.2, 0.25) is 0 Å². The zero-order valence-electron chi connectivity index (χ0n) is 12.2. The van der Waals surface area contributed by atoms with Gasteiger partial charge < -0.3 is 15.4 Å². The fraction of sp³-hybridized carbons (Fsp3) is 0.500. The van der Waals surface area contributed by atoms with Crippen molar-refractivity contribution in [3.8, 4) is 0 Å². The fourth-order valence-electron chi connectivity index (χ4n) is 2.71. The van der Waals surface area contributed by atoms with Gasteiger partial charge >= 0.3 is 0 Å². The Kier molecular flexibility index (Phi) is 4.78. The molecule has 1 aromatic carbocycles. The van der Waals surface area contributed by atoms with Gasteiger partial charge in [0.15, 0.2) is 0 Å². The molecule has 0 spiro atoms. The standard InChI is InChI=1S/C16H19BrN2O3/c17-13-5-1-2-6-14(13)19-16(21)12-8-11(12)15(20)18-9-10-4-3-7-22-10/h1-2,5-6,10-12H,3-4,7-9H2,(H,18,20)(H,19,21). The van der Waals surface area contributed by atoms with Crippen molar-refractivity contribution in [2.45, 2.75) is 25.4 Å². The second-order valence-corrected chi connectivity index (χ2v) is 6.65. The monoisotopic (exact) mass is 366 g/mol. The van der Waals surface area contributed by atoms with Crippen LogP contribution in [-0.4, -0.2) is 31.1 Å². The van der Waals surface area contributed by atoms with Crippen LogP contribution in [0.25, 0.3) is 0 Å². The Morgan fingerprint density at radius 3 is 2.73 bits per heavy atom. The average molecular weight is 367 g/mol. The third-order valence-electron chi connectivity index (χ3n) is 4.12. The number of para-hydroxylation sites is 1. The van der Waals surface area contributed by atoms with Gasteiger partial charge in [0.05, 0.1) is 23.6 Å². The summed E-state index contributed by atoms with van der Waals surface area (Å²) in [6.07, 6.45) is 2.81. The average Bonchev–Trinajstić information content (AvgIpc) is 3.15. The van der Waals surface area contributed by atoms with Crippen molar-refractivity contribution in [1.29, 1.82) is 0 Å². The molecule has 2 N–H and O–H groups in total. The van der Waals surface area contributed by atoms with E-state index in [4.69, 9.17) is 4.74 Å². The van der Waals surface area contributed by atoms with Crippen LogP contribution >= 0.6 is 15.9 Å². The Hall–Kier alpha value is -1.40. The van der Waals surface area contributed by atoms with E-state index in [-0.39, 0.29) is 29.8 Å². The molecule has 2 aliphatic rings. The number of nitrogens with one attached hydrogen (secondary N) is 2. The molecular weight excluding hydrogens is 348 g/mol. The predicted octanol–water partition coefficient (Wildman–Crippen LogP) is 2.32. The Balaban J connectivity index is 1.45. The van der Waals surface area contributed by atoms with E-state index in [1.54, 1.807) is 0 Å². The number of anilines is 1. The molecule has 1 aliphatic carbocycles.